The average molecular weight is 357 g/mol. The third-order valence-corrected chi connectivity index (χ3v) is 5.13. The van der Waals surface area contributed by atoms with Gasteiger partial charge in [-0.25, -0.2) is 4.98 Å². The summed E-state index contributed by atoms with van der Waals surface area (Å²) in [5, 5.41) is 3.00. The summed E-state index contributed by atoms with van der Waals surface area (Å²) in [6.45, 7) is 3.03. The zero-order valence-electron chi connectivity index (χ0n) is 15.4. The van der Waals surface area contributed by atoms with Crippen molar-refractivity contribution in [3.05, 3.63) is 30.1 Å². The number of nitrogens with two attached hydrogens (primary N) is 1. The number of carbonyl (C=O) groups is 2. The van der Waals surface area contributed by atoms with E-state index < -0.39 is 0 Å². The van der Waals surface area contributed by atoms with Crippen molar-refractivity contribution in [2.75, 3.05) is 19.6 Å². The van der Waals surface area contributed by atoms with E-state index in [-0.39, 0.29) is 23.8 Å². The fourth-order valence-corrected chi connectivity index (χ4v) is 3.55. The molecule has 7 nitrogen and oxygen atoms in total. The van der Waals surface area contributed by atoms with E-state index in [1.165, 1.54) is 6.92 Å². The Morgan fingerprint density at radius 1 is 1.27 bits per heavy atom. The Kier molecular flexibility index (Phi) is 5.56. The molecular formula is C19H27N5O2. The summed E-state index contributed by atoms with van der Waals surface area (Å²) in [7, 11) is 1.99. The molecule has 0 aliphatic carbocycles. The van der Waals surface area contributed by atoms with Crippen molar-refractivity contribution < 1.29 is 9.59 Å². The van der Waals surface area contributed by atoms with E-state index in [9.17, 15) is 9.59 Å². The van der Waals surface area contributed by atoms with Gasteiger partial charge in [-0.1, -0.05) is 12.1 Å². The molecule has 2 heterocycles. The summed E-state index contributed by atoms with van der Waals surface area (Å²) in [4.78, 5) is 30.6. The molecule has 3 N–H and O–H groups in total. The molecule has 1 saturated heterocycles. The second-order valence-corrected chi connectivity index (χ2v) is 7.08. The highest BCUT2D eigenvalue weighted by molar-refractivity contribution is 5.80. The number of nitrogens with zero attached hydrogens (tertiary/aromatic N) is 3. The predicted octanol–water partition coefficient (Wildman–Crippen LogP) is 0.818. The Morgan fingerprint density at radius 2 is 2.04 bits per heavy atom. The number of aromatic nitrogens is 2. The lowest BCUT2D eigenvalue weighted by Gasteiger charge is -2.23. The maximum absolute atomic E-state index is 12.6. The monoisotopic (exact) mass is 357 g/mol. The Morgan fingerprint density at radius 3 is 2.77 bits per heavy atom. The standard InChI is InChI=1S/C19H27N5O2/c1-13(25)24-11-14(7-8-15(20)12-24)19(26)21-10-9-18-22-16-5-3-4-6-17(16)23(18)2/h3-6,14-15H,7-12,20H2,1-2H3,(H,21,26)/t14-,15+/m1/s1. The van der Waals surface area contributed by atoms with Gasteiger partial charge in [0.25, 0.3) is 0 Å². The number of likely N-dealkylation sites (tertiary alicyclic amines) is 1. The van der Waals surface area contributed by atoms with Gasteiger partial charge in [-0.05, 0) is 25.0 Å². The second kappa shape index (κ2) is 7.86. The van der Waals surface area contributed by atoms with Crippen LogP contribution in [0.5, 0.6) is 0 Å². The fourth-order valence-electron chi connectivity index (χ4n) is 3.55. The molecule has 26 heavy (non-hydrogen) atoms. The van der Waals surface area contributed by atoms with E-state index in [0.29, 0.717) is 32.5 Å². The van der Waals surface area contributed by atoms with Gasteiger partial charge in [0.05, 0.1) is 17.0 Å². The van der Waals surface area contributed by atoms with Crippen LogP contribution in [0.3, 0.4) is 0 Å². The summed E-state index contributed by atoms with van der Waals surface area (Å²) in [5.74, 6) is 0.705. The highest BCUT2D eigenvalue weighted by Crippen LogP contribution is 2.17. The number of rotatable bonds is 4. The van der Waals surface area contributed by atoms with Crippen molar-refractivity contribution in [1.29, 1.82) is 0 Å². The van der Waals surface area contributed by atoms with Crippen LogP contribution < -0.4 is 11.1 Å². The lowest BCUT2D eigenvalue weighted by molar-refractivity contribution is -0.131. The molecule has 0 radical (unpaired) electrons. The van der Waals surface area contributed by atoms with Crippen LogP contribution in [0.15, 0.2) is 24.3 Å². The zero-order chi connectivity index (χ0) is 18.7. The number of para-hydroxylation sites is 2. The van der Waals surface area contributed by atoms with Gasteiger partial charge in [-0.2, -0.15) is 0 Å². The van der Waals surface area contributed by atoms with Crippen LogP contribution in [0, 0.1) is 5.92 Å². The molecule has 1 aliphatic rings. The molecule has 1 aliphatic heterocycles. The molecule has 1 aromatic heterocycles. The van der Waals surface area contributed by atoms with Crippen molar-refractivity contribution in [1.82, 2.24) is 19.8 Å². The number of fused-ring (bicyclic) bond motifs is 1. The van der Waals surface area contributed by atoms with Crippen molar-refractivity contribution >= 4 is 22.8 Å². The van der Waals surface area contributed by atoms with Crippen LogP contribution in [0.2, 0.25) is 0 Å². The number of aryl methyl sites for hydroxylation is 1. The van der Waals surface area contributed by atoms with Gasteiger partial charge in [-0.15, -0.1) is 0 Å². The van der Waals surface area contributed by atoms with E-state index in [1.54, 1.807) is 4.90 Å². The van der Waals surface area contributed by atoms with Gasteiger partial charge >= 0.3 is 0 Å². The number of imidazole rings is 1. The largest absolute Gasteiger partial charge is 0.355 e. The Labute approximate surface area is 153 Å². The highest BCUT2D eigenvalue weighted by atomic mass is 16.2. The number of hydrogen-bond acceptors (Lipinski definition) is 4. The van der Waals surface area contributed by atoms with E-state index in [4.69, 9.17) is 5.73 Å². The summed E-state index contributed by atoms with van der Waals surface area (Å²) >= 11 is 0. The molecule has 2 amide bonds. The second-order valence-electron chi connectivity index (χ2n) is 7.08. The molecule has 2 atom stereocenters. The van der Waals surface area contributed by atoms with Gasteiger partial charge in [0.15, 0.2) is 0 Å². The van der Waals surface area contributed by atoms with E-state index >= 15 is 0 Å². The first-order chi connectivity index (χ1) is 12.5. The molecule has 2 aromatic rings. The lowest BCUT2D eigenvalue weighted by atomic mass is 10.0. The summed E-state index contributed by atoms with van der Waals surface area (Å²) in [6, 6.07) is 7.93. The van der Waals surface area contributed by atoms with Crippen molar-refractivity contribution in [2.24, 2.45) is 18.7 Å². The average Bonchev–Trinajstić information content (AvgIpc) is 2.79. The first-order valence-corrected chi connectivity index (χ1v) is 9.15. The normalized spacial score (nSPS) is 20.8. The molecule has 1 aromatic carbocycles. The number of amides is 2. The summed E-state index contributed by atoms with van der Waals surface area (Å²) in [6.07, 6.45) is 2.13. The summed E-state index contributed by atoms with van der Waals surface area (Å²) in [5.41, 5.74) is 8.07. The quantitative estimate of drug-likeness (QED) is 0.847. The van der Waals surface area contributed by atoms with Crippen LogP contribution in [-0.2, 0) is 23.1 Å². The van der Waals surface area contributed by atoms with E-state index in [0.717, 1.165) is 23.3 Å². The number of hydrogen-bond donors (Lipinski definition) is 2. The maximum Gasteiger partial charge on any atom is 0.224 e. The van der Waals surface area contributed by atoms with Gasteiger partial charge in [0.2, 0.25) is 11.8 Å². The van der Waals surface area contributed by atoms with E-state index in [1.807, 2.05) is 31.3 Å². The third kappa shape index (κ3) is 4.04. The highest BCUT2D eigenvalue weighted by Gasteiger charge is 2.28. The third-order valence-electron chi connectivity index (χ3n) is 5.13. The maximum atomic E-state index is 12.6. The minimum atomic E-state index is -0.201. The van der Waals surface area contributed by atoms with Crippen LogP contribution in [0.25, 0.3) is 11.0 Å². The van der Waals surface area contributed by atoms with Gasteiger partial charge in [-0.3, -0.25) is 9.59 Å². The Balaban J connectivity index is 1.57. The lowest BCUT2D eigenvalue weighted by Crippen LogP contribution is -2.42. The van der Waals surface area contributed by atoms with Gasteiger partial charge < -0.3 is 20.5 Å². The smallest absolute Gasteiger partial charge is 0.224 e. The molecule has 7 heteroatoms. The SMILES string of the molecule is CC(=O)N1C[C@@H](N)CC[C@@H](C(=O)NCCc2nc3ccccc3n2C)C1. The Hall–Kier alpha value is -2.41. The van der Waals surface area contributed by atoms with Crippen LogP contribution in [-0.4, -0.2) is 51.9 Å². The Bertz CT molecular complexity index is 800. The first-order valence-electron chi connectivity index (χ1n) is 9.15. The first kappa shape index (κ1) is 18.4. The van der Waals surface area contributed by atoms with Gasteiger partial charge in [0, 0.05) is 46.1 Å². The number of carbonyl (C=O) groups excluding carboxylic acids is 2. The molecule has 3 rings (SSSR count). The molecule has 0 bridgehead atoms. The molecule has 140 valence electrons. The zero-order valence-corrected chi connectivity index (χ0v) is 15.4. The minimum Gasteiger partial charge on any atom is -0.355 e. The van der Waals surface area contributed by atoms with Crippen LogP contribution >= 0.6 is 0 Å². The van der Waals surface area contributed by atoms with Crippen LogP contribution in [0.1, 0.15) is 25.6 Å². The van der Waals surface area contributed by atoms with Crippen molar-refractivity contribution in [3.63, 3.8) is 0 Å². The topological polar surface area (TPSA) is 93.2 Å². The molecule has 1 fully saturated rings. The molecule has 0 unspecified atom stereocenters. The van der Waals surface area contributed by atoms with Crippen molar-refractivity contribution in [2.45, 2.75) is 32.2 Å². The molecule has 0 spiro atoms. The van der Waals surface area contributed by atoms with Crippen LogP contribution in [0.4, 0.5) is 0 Å². The minimum absolute atomic E-state index is 0.0101. The van der Waals surface area contributed by atoms with E-state index in [2.05, 4.69) is 14.9 Å². The van der Waals surface area contributed by atoms with Crippen molar-refractivity contribution in [3.8, 4) is 0 Å². The molecule has 0 saturated carbocycles. The summed E-state index contributed by atoms with van der Waals surface area (Å²) < 4.78 is 2.06. The number of benzene rings is 1. The molecular weight excluding hydrogens is 330 g/mol. The predicted molar refractivity (Wildman–Crippen MR) is 100 cm³/mol. The van der Waals surface area contributed by atoms with Gasteiger partial charge in [0.1, 0.15) is 5.82 Å². The fraction of sp³-hybridized carbons (Fsp3) is 0.526. The number of nitrogens with one attached hydrogen (secondary N) is 1.